The second-order valence-electron chi connectivity index (χ2n) is 9.40. The molecule has 1 fully saturated rings. The van der Waals surface area contributed by atoms with Gasteiger partial charge in [0, 0.05) is 5.56 Å². The van der Waals surface area contributed by atoms with E-state index in [2.05, 4.69) is 6.92 Å². The molecule has 1 aliphatic rings. The molecule has 35 heavy (non-hydrogen) atoms. The van der Waals surface area contributed by atoms with E-state index in [1.54, 1.807) is 42.5 Å². The van der Waals surface area contributed by atoms with Gasteiger partial charge < -0.3 is 14.9 Å². The van der Waals surface area contributed by atoms with Crippen LogP contribution in [-0.4, -0.2) is 16.3 Å². The van der Waals surface area contributed by atoms with Gasteiger partial charge in [-0.2, -0.15) is 0 Å². The van der Waals surface area contributed by atoms with E-state index in [4.69, 9.17) is 4.74 Å². The van der Waals surface area contributed by atoms with Gasteiger partial charge in [-0.1, -0.05) is 43.7 Å². The molecule has 3 nitrogen and oxygen atoms in total. The van der Waals surface area contributed by atoms with Gasteiger partial charge in [0.2, 0.25) is 0 Å². The third-order valence-electron chi connectivity index (χ3n) is 7.04. The van der Waals surface area contributed by atoms with E-state index in [0.29, 0.717) is 22.4 Å². The summed E-state index contributed by atoms with van der Waals surface area (Å²) in [6.45, 7) is 2.15. The molecule has 0 radical (unpaired) electrons. The minimum absolute atomic E-state index is 0.0378. The molecule has 2 N–H and O–H groups in total. The average molecular weight is 485 g/mol. The molecular weight excluding hydrogens is 453 g/mol. The van der Waals surface area contributed by atoms with Crippen LogP contribution < -0.4 is 4.74 Å². The van der Waals surface area contributed by atoms with Crippen LogP contribution in [0.15, 0.2) is 54.6 Å². The van der Waals surface area contributed by atoms with Gasteiger partial charge in [-0.15, -0.1) is 0 Å². The Morgan fingerprint density at radius 1 is 0.914 bits per heavy atom. The van der Waals surface area contributed by atoms with Gasteiger partial charge in [0.25, 0.3) is 0 Å². The van der Waals surface area contributed by atoms with Crippen molar-refractivity contribution >= 4 is 0 Å². The molecule has 0 aromatic heterocycles. The predicted octanol–water partition coefficient (Wildman–Crippen LogP) is 7.49. The number of hydrogen-bond donors (Lipinski definition) is 2. The predicted molar refractivity (Wildman–Crippen MR) is 130 cm³/mol. The fourth-order valence-electron chi connectivity index (χ4n) is 4.99. The first-order valence-electron chi connectivity index (χ1n) is 12.2. The number of rotatable bonds is 8. The largest absolute Gasteiger partial charge is 0.505 e. The normalized spacial score (nSPS) is 18.9. The van der Waals surface area contributed by atoms with Gasteiger partial charge in [0.05, 0.1) is 6.10 Å². The van der Waals surface area contributed by atoms with E-state index in [9.17, 15) is 14.6 Å². The van der Waals surface area contributed by atoms with Gasteiger partial charge in [-0.3, -0.25) is 0 Å². The summed E-state index contributed by atoms with van der Waals surface area (Å²) in [5, 5.41) is 19.5. The van der Waals surface area contributed by atoms with Crippen LogP contribution in [0.1, 0.15) is 62.5 Å². The van der Waals surface area contributed by atoms with E-state index in [0.717, 1.165) is 38.5 Å². The number of aliphatic hydroxyl groups is 1. The maximum Gasteiger partial charge on any atom is 0.166 e. The molecule has 4 rings (SSSR count). The molecule has 0 spiro atoms. The quantitative estimate of drug-likeness (QED) is 0.348. The molecule has 0 saturated heterocycles. The van der Waals surface area contributed by atoms with Crippen LogP contribution in [0.4, 0.5) is 13.2 Å². The second kappa shape index (κ2) is 11.2. The van der Waals surface area contributed by atoms with Crippen molar-refractivity contribution < 1.29 is 28.1 Å². The highest BCUT2D eigenvalue weighted by atomic mass is 19.2. The minimum Gasteiger partial charge on any atom is -0.505 e. The van der Waals surface area contributed by atoms with Crippen LogP contribution in [0.3, 0.4) is 0 Å². The Morgan fingerprint density at radius 2 is 1.63 bits per heavy atom. The Bertz CT molecular complexity index is 1140. The highest BCUT2D eigenvalue weighted by Gasteiger charge is 2.29. The smallest absolute Gasteiger partial charge is 0.166 e. The fraction of sp³-hybridized carbons (Fsp3) is 0.379. The number of ether oxygens (including phenoxy) is 1. The number of phenolic OH excluding ortho intramolecular Hbond substituents is 1. The third-order valence-corrected chi connectivity index (χ3v) is 7.04. The molecule has 6 heteroatoms. The van der Waals surface area contributed by atoms with Crippen molar-refractivity contribution in [2.24, 2.45) is 5.92 Å². The summed E-state index contributed by atoms with van der Waals surface area (Å²) in [5.74, 6) is -2.09. The van der Waals surface area contributed by atoms with E-state index < -0.39 is 23.2 Å². The molecule has 0 aliphatic heterocycles. The van der Waals surface area contributed by atoms with Crippen molar-refractivity contribution in [3.63, 3.8) is 0 Å². The van der Waals surface area contributed by atoms with Crippen LogP contribution in [0.25, 0.3) is 11.1 Å². The number of benzene rings is 3. The van der Waals surface area contributed by atoms with Gasteiger partial charge in [0.15, 0.2) is 23.2 Å². The van der Waals surface area contributed by atoms with Crippen LogP contribution in [0.5, 0.6) is 11.5 Å². The molecular formula is C29H31F3O3. The van der Waals surface area contributed by atoms with Crippen LogP contribution in [-0.2, 0) is 6.61 Å². The number of aliphatic hydroxyl groups excluding tert-OH is 1. The molecule has 1 unspecified atom stereocenters. The molecule has 0 bridgehead atoms. The molecule has 3 aromatic carbocycles. The van der Waals surface area contributed by atoms with Crippen molar-refractivity contribution in [3.05, 3.63) is 83.2 Å². The first-order chi connectivity index (χ1) is 16.9. The molecule has 0 amide bonds. The van der Waals surface area contributed by atoms with Crippen molar-refractivity contribution in [1.82, 2.24) is 0 Å². The first-order valence-corrected chi connectivity index (χ1v) is 12.2. The van der Waals surface area contributed by atoms with Gasteiger partial charge in [0.1, 0.15) is 12.4 Å². The molecule has 3 aromatic rings. The lowest BCUT2D eigenvalue weighted by atomic mass is 9.75. The molecule has 186 valence electrons. The van der Waals surface area contributed by atoms with E-state index in [1.807, 2.05) is 0 Å². The summed E-state index contributed by atoms with van der Waals surface area (Å²) in [4.78, 5) is 0. The van der Waals surface area contributed by atoms with Crippen LogP contribution >= 0.6 is 0 Å². The third kappa shape index (κ3) is 5.81. The second-order valence-corrected chi connectivity index (χ2v) is 9.40. The van der Waals surface area contributed by atoms with Crippen molar-refractivity contribution in [2.45, 2.75) is 64.1 Å². The zero-order chi connectivity index (χ0) is 24.9. The van der Waals surface area contributed by atoms with Crippen LogP contribution in [0, 0.1) is 23.4 Å². The summed E-state index contributed by atoms with van der Waals surface area (Å²) in [7, 11) is 0. The van der Waals surface area contributed by atoms with E-state index >= 15 is 8.78 Å². The van der Waals surface area contributed by atoms with Crippen molar-refractivity contribution in [1.29, 1.82) is 0 Å². The Morgan fingerprint density at radius 3 is 2.29 bits per heavy atom. The number of hydrogen-bond acceptors (Lipinski definition) is 3. The molecule has 0 heterocycles. The van der Waals surface area contributed by atoms with Gasteiger partial charge >= 0.3 is 0 Å². The highest BCUT2D eigenvalue weighted by molar-refractivity contribution is 5.65. The zero-order valence-corrected chi connectivity index (χ0v) is 19.8. The Labute approximate surface area is 204 Å². The van der Waals surface area contributed by atoms with Crippen molar-refractivity contribution in [2.75, 3.05) is 0 Å². The lowest BCUT2D eigenvalue weighted by Crippen LogP contribution is -2.25. The molecule has 1 saturated carbocycles. The molecule has 1 aliphatic carbocycles. The van der Waals surface area contributed by atoms with Crippen LogP contribution in [0.2, 0.25) is 0 Å². The Balaban J connectivity index is 1.41. The summed E-state index contributed by atoms with van der Waals surface area (Å²) < 4.78 is 49.2. The lowest BCUT2D eigenvalue weighted by molar-refractivity contribution is 0.0727. The summed E-state index contributed by atoms with van der Waals surface area (Å²) in [6.07, 6.45) is 4.56. The Kier molecular flexibility index (Phi) is 8.01. The standard InChI is InChI=1S/C29H31F3O3/c1-2-3-26(33)21-7-5-19(6-8-21)23-13-14-24(29(32)28(23)31)20-9-11-22(12-10-20)35-17-18-4-15-27(34)25(30)16-18/h4,9-16,19,21,26,33-34H,2-3,5-8,17H2,1H3. The maximum atomic E-state index is 15.1. The zero-order valence-electron chi connectivity index (χ0n) is 19.8. The monoisotopic (exact) mass is 484 g/mol. The van der Waals surface area contributed by atoms with Gasteiger partial charge in [-0.05, 0) is 84.9 Å². The SMILES string of the molecule is CCCC(O)C1CCC(c2ccc(-c3ccc(OCc4ccc(O)c(F)c4)cc3)c(F)c2F)CC1. The summed E-state index contributed by atoms with van der Waals surface area (Å²) >= 11 is 0. The van der Waals surface area contributed by atoms with E-state index in [-0.39, 0.29) is 30.1 Å². The topological polar surface area (TPSA) is 49.7 Å². The highest BCUT2D eigenvalue weighted by Crippen LogP contribution is 2.40. The minimum atomic E-state index is -0.858. The van der Waals surface area contributed by atoms with Crippen molar-refractivity contribution in [3.8, 4) is 22.6 Å². The lowest BCUT2D eigenvalue weighted by Gasteiger charge is -2.32. The average Bonchev–Trinajstić information content (AvgIpc) is 2.87. The van der Waals surface area contributed by atoms with E-state index in [1.165, 1.54) is 12.1 Å². The summed E-state index contributed by atoms with van der Waals surface area (Å²) in [5.41, 5.74) is 1.69. The first kappa shape index (κ1) is 25.1. The summed E-state index contributed by atoms with van der Waals surface area (Å²) in [6, 6.07) is 14.0. The number of aromatic hydroxyl groups is 1. The number of phenols is 1. The Hall–Kier alpha value is -2.99. The molecule has 1 atom stereocenters. The fourth-order valence-corrected chi connectivity index (χ4v) is 4.99. The van der Waals surface area contributed by atoms with Gasteiger partial charge in [-0.25, -0.2) is 13.2 Å². The number of halogens is 3. The maximum absolute atomic E-state index is 15.1.